The van der Waals surface area contributed by atoms with Crippen molar-refractivity contribution in [2.75, 3.05) is 13.2 Å². The Morgan fingerprint density at radius 2 is 2.38 bits per heavy atom. The van der Waals surface area contributed by atoms with Crippen LogP contribution in [0, 0.1) is 0 Å². The fourth-order valence-electron chi connectivity index (χ4n) is 3.66. The van der Waals surface area contributed by atoms with E-state index in [0.29, 0.717) is 25.3 Å². The van der Waals surface area contributed by atoms with Gasteiger partial charge in [0.05, 0.1) is 30.9 Å². The smallest absolute Gasteiger partial charge is 0.255 e. The number of hydrogen-bond donors (Lipinski definition) is 1. The van der Waals surface area contributed by atoms with E-state index in [0.717, 1.165) is 18.4 Å². The SMILES string of the molecule is O=C(c1cc[nH]c1)N1CCO[C@H]2CC[C@H]1[C@@H]2OCc1cccnc1. The van der Waals surface area contributed by atoms with Gasteiger partial charge in [0.25, 0.3) is 5.91 Å². The van der Waals surface area contributed by atoms with E-state index in [1.807, 2.05) is 29.3 Å². The van der Waals surface area contributed by atoms with Gasteiger partial charge in [-0.2, -0.15) is 0 Å². The number of aromatic amines is 1. The fourth-order valence-corrected chi connectivity index (χ4v) is 3.66. The van der Waals surface area contributed by atoms with E-state index in [1.54, 1.807) is 18.6 Å². The van der Waals surface area contributed by atoms with Gasteiger partial charge in [0, 0.05) is 31.3 Å². The number of carbonyl (C=O) groups excluding carboxylic acids is 1. The third-order valence-electron chi connectivity index (χ3n) is 4.83. The van der Waals surface area contributed by atoms with Gasteiger partial charge < -0.3 is 19.4 Å². The van der Waals surface area contributed by atoms with Gasteiger partial charge in [0.2, 0.25) is 0 Å². The van der Waals surface area contributed by atoms with E-state index in [1.165, 1.54) is 0 Å². The van der Waals surface area contributed by atoms with E-state index in [4.69, 9.17) is 9.47 Å². The van der Waals surface area contributed by atoms with Crippen LogP contribution in [0.4, 0.5) is 0 Å². The summed E-state index contributed by atoms with van der Waals surface area (Å²) in [5.41, 5.74) is 1.72. The van der Waals surface area contributed by atoms with Gasteiger partial charge in [0.15, 0.2) is 0 Å². The zero-order valence-corrected chi connectivity index (χ0v) is 13.4. The van der Waals surface area contributed by atoms with E-state index in [-0.39, 0.29) is 24.2 Å². The highest BCUT2D eigenvalue weighted by atomic mass is 16.5. The molecule has 2 aromatic heterocycles. The Balaban J connectivity index is 1.50. The second-order valence-corrected chi connectivity index (χ2v) is 6.29. The molecular formula is C18H21N3O3. The standard InChI is InChI=1S/C18H21N3O3/c22-18(14-5-7-20-11-14)21-8-9-23-16-4-3-15(21)17(16)24-12-13-2-1-6-19-10-13/h1-2,5-7,10-11,15-17,20H,3-4,8-9,12H2/t15-,16-,17-/m0/s1. The molecule has 0 radical (unpaired) electrons. The molecule has 126 valence electrons. The van der Waals surface area contributed by atoms with Crippen molar-refractivity contribution in [1.29, 1.82) is 0 Å². The summed E-state index contributed by atoms with van der Waals surface area (Å²) in [7, 11) is 0. The average molecular weight is 327 g/mol. The molecule has 2 aliphatic rings. The number of aromatic nitrogens is 2. The number of nitrogens with zero attached hydrogens (tertiary/aromatic N) is 2. The Labute approximate surface area is 140 Å². The van der Waals surface area contributed by atoms with E-state index >= 15 is 0 Å². The van der Waals surface area contributed by atoms with Crippen molar-refractivity contribution in [3.63, 3.8) is 0 Å². The molecule has 3 heterocycles. The van der Waals surface area contributed by atoms with Crippen molar-refractivity contribution in [2.45, 2.75) is 37.7 Å². The molecule has 1 aliphatic carbocycles. The first-order valence-corrected chi connectivity index (χ1v) is 8.39. The van der Waals surface area contributed by atoms with Crippen LogP contribution in [0.25, 0.3) is 0 Å². The second-order valence-electron chi connectivity index (χ2n) is 6.29. The number of fused-ring (bicyclic) bond motifs is 2. The first-order chi connectivity index (χ1) is 11.8. The van der Waals surface area contributed by atoms with Gasteiger partial charge in [-0.3, -0.25) is 9.78 Å². The number of rotatable bonds is 4. The minimum absolute atomic E-state index is 0.0439. The average Bonchev–Trinajstić information content (AvgIpc) is 3.22. The minimum atomic E-state index is -0.0874. The topological polar surface area (TPSA) is 67.5 Å². The summed E-state index contributed by atoms with van der Waals surface area (Å²) in [6.45, 7) is 1.66. The lowest BCUT2D eigenvalue weighted by molar-refractivity contribution is -0.0598. The van der Waals surface area contributed by atoms with E-state index in [2.05, 4.69) is 9.97 Å². The molecule has 1 saturated heterocycles. The summed E-state index contributed by atoms with van der Waals surface area (Å²) in [6, 6.07) is 5.77. The first-order valence-electron chi connectivity index (χ1n) is 8.39. The second kappa shape index (κ2) is 6.75. The molecule has 2 fully saturated rings. The molecule has 0 aromatic carbocycles. The maximum Gasteiger partial charge on any atom is 0.255 e. The number of carbonyl (C=O) groups is 1. The summed E-state index contributed by atoms with van der Waals surface area (Å²) in [5, 5.41) is 0. The molecule has 24 heavy (non-hydrogen) atoms. The normalized spacial score (nSPS) is 26.3. The van der Waals surface area contributed by atoms with Crippen LogP contribution in [0.3, 0.4) is 0 Å². The predicted octanol–water partition coefficient (Wildman–Crippen LogP) is 2.00. The van der Waals surface area contributed by atoms with Gasteiger partial charge >= 0.3 is 0 Å². The molecule has 0 unspecified atom stereocenters. The summed E-state index contributed by atoms with van der Waals surface area (Å²) in [5.74, 6) is 0.0439. The molecular weight excluding hydrogens is 306 g/mol. The fraction of sp³-hybridized carbons (Fsp3) is 0.444. The van der Waals surface area contributed by atoms with Crippen LogP contribution in [0.5, 0.6) is 0 Å². The first kappa shape index (κ1) is 15.4. The van der Waals surface area contributed by atoms with Gasteiger partial charge in [-0.1, -0.05) is 6.07 Å². The Kier molecular flexibility index (Phi) is 4.32. The van der Waals surface area contributed by atoms with Crippen LogP contribution in [-0.4, -0.2) is 52.2 Å². The van der Waals surface area contributed by atoms with Crippen LogP contribution in [0.2, 0.25) is 0 Å². The van der Waals surface area contributed by atoms with Crippen molar-refractivity contribution in [3.8, 4) is 0 Å². The summed E-state index contributed by atoms with van der Waals surface area (Å²) >= 11 is 0. The van der Waals surface area contributed by atoms with Gasteiger partial charge in [-0.05, 0) is 30.5 Å². The van der Waals surface area contributed by atoms with Gasteiger partial charge in [-0.15, -0.1) is 0 Å². The number of ether oxygens (including phenoxy) is 2. The Bertz CT molecular complexity index is 674. The summed E-state index contributed by atoms with van der Waals surface area (Å²) in [6.07, 6.45) is 8.90. The van der Waals surface area contributed by atoms with Crippen molar-refractivity contribution >= 4 is 5.91 Å². The Morgan fingerprint density at radius 1 is 1.42 bits per heavy atom. The van der Waals surface area contributed by atoms with E-state index < -0.39 is 0 Å². The van der Waals surface area contributed by atoms with Crippen LogP contribution in [-0.2, 0) is 16.1 Å². The number of amides is 1. The van der Waals surface area contributed by atoms with Crippen molar-refractivity contribution in [3.05, 3.63) is 54.1 Å². The lowest BCUT2D eigenvalue weighted by atomic mass is 10.1. The lowest BCUT2D eigenvalue weighted by Gasteiger charge is -2.31. The largest absolute Gasteiger partial charge is 0.374 e. The number of pyridine rings is 1. The molecule has 1 aliphatic heterocycles. The zero-order valence-electron chi connectivity index (χ0n) is 13.4. The lowest BCUT2D eigenvalue weighted by Crippen LogP contribution is -2.46. The molecule has 3 atom stereocenters. The van der Waals surface area contributed by atoms with Crippen LogP contribution < -0.4 is 0 Å². The van der Waals surface area contributed by atoms with E-state index in [9.17, 15) is 4.79 Å². The van der Waals surface area contributed by atoms with Crippen molar-refractivity contribution < 1.29 is 14.3 Å². The van der Waals surface area contributed by atoms with Crippen molar-refractivity contribution in [2.24, 2.45) is 0 Å². The monoisotopic (exact) mass is 327 g/mol. The molecule has 1 saturated carbocycles. The Morgan fingerprint density at radius 3 is 3.17 bits per heavy atom. The van der Waals surface area contributed by atoms with Crippen LogP contribution >= 0.6 is 0 Å². The highest BCUT2D eigenvalue weighted by Crippen LogP contribution is 2.33. The molecule has 1 amide bonds. The summed E-state index contributed by atoms with van der Waals surface area (Å²) in [4.78, 5) is 21.8. The summed E-state index contributed by atoms with van der Waals surface area (Å²) < 4.78 is 12.1. The van der Waals surface area contributed by atoms with Crippen LogP contribution in [0.15, 0.2) is 43.0 Å². The highest BCUT2D eigenvalue weighted by Gasteiger charge is 2.44. The number of nitrogens with one attached hydrogen (secondary N) is 1. The molecule has 0 spiro atoms. The third-order valence-corrected chi connectivity index (χ3v) is 4.83. The highest BCUT2D eigenvalue weighted by molar-refractivity contribution is 5.94. The quantitative estimate of drug-likeness (QED) is 0.933. The molecule has 2 aromatic rings. The minimum Gasteiger partial charge on any atom is -0.374 e. The maximum absolute atomic E-state index is 12.8. The van der Waals surface area contributed by atoms with Gasteiger partial charge in [-0.25, -0.2) is 0 Å². The number of H-pyrrole nitrogens is 1. The van der Waals surface area contributed by atoms with Gasteiger partial charge in [0.1, 0.15) is 6.10 Å². The van der Waals surface area contributed by atoms with Crippen molar-refractivity contribution in [1.82, 2.24) is 14.9 Å². The predicted molar refractivity (Wildman–Crippen MR) is 87.4 cm³/mol. The maximum atomic E-state index is 12.8. The third kappa shape index (κ3) is 2.95. The molecule has 6 heteroatoms. The molecule has 1 N–H and O–H groups in total. The Hall–Kier alpha value is -2.18. The molecule has 4 rings (SSSR count). The molecule has 6 nitrogen and oxygen atoms in total. The van der Waals surface area contributed by atoms with Crippen LogP contribution in [0.1, 0.15) is 28.8 Å². The zero-order chi connectivity index (χ0) is 16.4. The molecule has 2 bridgehead atoms. The number of hydrogen-bond acceptors (Lipinski definition) is 4.